The van der Waals surface area contributed by atoms with Gasteiger partial charge in [0.25, 0.3) is 16.6 Å². The third kappa shape index (κ3) is 26.3. The molecule has 4 unspecified atom stereocenters. The zero-order chi connectivity index (χ0) is 87.7. The number of hydrogen-bond donors (Lipinski definition) is 1. The maximum Gasteiger partial charge on any atom is 0.419 e. The largest absolute Gasteiger partial charge is 0.469 e. The maximum atomic E-state index is 14.7. The fourth-order valence-electron chi connectivity index (χ4n) is 18.4. The molecule has 6 atom stereocenters. The molecule has 16 nitrogen and oxygen atoms in total. The van der Waals surface area contributed by atoms with Gasteiger partial charge in [0, 0.05) is 54.1 Å². The Morgan fingerprint density at radius 3 is 1.23 bits per heavy atom. The standard InChI is InChI=1S/C51H75NO8Si2.C46H67NO6Si2.CH2Cl2/c1-13-51(14-2,60-61(10,11)12)36-38(37-58-62(50(6,7)8,39-25-17-15-18-26-39)40-27-19-16-20-28-40)35-43(47(53)55-9)46-42(32-34-57-45-31-23-24-33-56-45)41-29-21-22-30-44(41)52(46)48(54)59-49(3,4)5;1-10-46(11-2,53-54(7,8)9)33-35(34-52-55(45(3,4)5,36-22-14-12-15-23-36)37-24-16-13-17-25-37)32-40(44(48)49-6)43-39(38-26-18-19-27-41(38)47-43)29-31-51-42-28-20-21-30-50-42;2-1-3/h15-22,25-30,38,43,45H,13-14,23-24,31-37H2,1-12H3;12-19,22-27,35,40,42,47H,10-11,20-21,28-34H2,1-9H3;1H2/t38-,43?,45?;35-,40?,42?;/m11./s1. The fraction of sp³-hybridized carbons (Fsp3) is 0.561. The van der Waals surface area contributed by atoms with E-state index in [0.717, 1.165) is 110 Å². The van der Waals surface area contributed by atoms with E-state index >= 15 is 0 Å². The van der Waals surface area contributed by atoms with Gasteiger partial charge in [-0.15, -0.1) is 23.2 Å². The average molecular weight is 1760 g/mol. The van der Waals surface area contributed by atoms with Gasteiger partial charge in [-0.2, -0.15) is 0 Å². The number of nitrogens with zero attached hydrogens (tertiary/aromatic N) is 1. The number of aromatic nitrogens is 2. The summed E-state index contributed by atoms with van der Waals surface area (Å²) in [7, 11) is -6.93. The molecule has 2 aliphatic heterocycles. The first-order valence-electron chi connectivity index (χ1n) is 44.0. The number of halogens is 2. The second kappa shape index (κ2) is 45.2. The predicted molar refractivity (Wildman–Crippen MR) is 503 cm³/mol. The van der Waals surface area contributed by atoms with Crippen LogP contribution in [-0.2, 0) is 73.3 Å². The number of fused-ring (bicyclic) bond motifs is 2. The van der Waals surface area contributed by atoms with Crippen molar-refractivity contribution in [3.63, 3.8) is 0 Å². The monoisotopic (exact) mass is 1750 g/mol. The molecule has 660 valence electrons. The van der Waals surface area contributed by atoms with Crippen molar-refractivity contribution in [2.75, 3.05) is 59.2 Å². The zero-order valence-electron chi connectivity index (χ0n) is 76.3. The Balaban J connectivity index is 0.000000291. The summed E-state index contributed by atoms with van der Waals surface area (Å²) < 4.78 is 73.2. The molecular weight excluding hydrogens is 1610 g/mol. The SMILES string of the molecule is CCC(CC)(C[C@H](CO[Si](c1ccccc1)(c1ccccc1)C(C)(C)C)CC(C(=O)OC)c1[nH]c2ccccc2c1CCOC1CCCCO1)O[Si](C)(C)C.CCC(CC)(C[C@H](CO[Si](c1ccccc1)(c1ccccc1)C(C)(C)C)CC(C(=O)OC)c1c(CCOC2CCCCO2)c2ccccc2n1C(=O)OC(C)(C)C)O[Si](C)(C)C.ClCCl. The van der Waals surface area contributed by atoms with Gasteiger partial charge in [0.1, 0.15) is 5.60 Å². The highest BCUT2D eigenvalue weighted by molar-refractivity contribution is 7.00. The molecule has 8 aromatic rings. The molecule has 10 rings (SSSR count). The molecule has 2 aliphatic rings. The summed E-state index contributed by atoms with van der Waals surface area (Å²) in [5, 5.41) is 6.59. The van der Waals surface area contributed by atoms with Crippen molar-refractivity contribution < 1.29 is 65.2 Å². The Morgan fingerprint density at radius 1 is 0.492 bits per heavy atom. The first-order valence-corrected chi connectivity index (χ1v) is 55.7. The topological polar surface area (TPSA) is 173 Å². The molecule has 2 aromatic heterocycles. The van der Waals surface area contributed by atoms with Gasteiger partial charge in [-0.05, 0) is 229 Å². The van der Waals surface area contributed by atoms with E-state index in [1.807, 2.05) is 51.1 Å². The summed E-state index contributed by atoms with van der Waals surface area (Å²) in [4.78, 5) is 47.2. The molecule has 0 amide bonds. The highest BCUT2D eigenvalue weighted by Crippen LogP contribution is 2.46. The van der Waals surface area contributed by atoms with Crippen LogP contribution in [0.5, 0.6) is 0 Å². The molecule has 4 heterocycles. The molecule has 6 aromatic carbocycles. The van der Waals surface area contributed by atoms with Crippen LogP contribution < -0.4 is 20.7 Å². The highest BCUT2D eigenvalue weighted by atomic mass is 35.5. The van der Waals surface area contributed by atoms with E-state index in [0.29, 0.717) is 76.3 Å². The van der Waals surface area contributed by atoms with Crippen LogP contribution in [-0.4, -0.2) is 149 Å². The molecule has 0 bridgehead atoms. The first kappa shape index (κ1) is 99.4. The Kier molecular flexibility index (Phi) is 37.4. The van der Waals surface area contributed by atoms with E-state index in [4.69, 9.17) is 74.1 Å². The van der Waals surface area contributed by atoms with Crippen LogP contribution in [0.25, 0.3) is 21.8 Å². The molecular formula is C98H144Cl2N2O14Si4. The number of hydrogen-bond acceptors (Lipinski definition) is 14. The molecule has 0 spiro atoms. The van der Waals surface area contributed by atoms with Crippen LogP contribution >= 0.6 is 23.2 Å². The van der Waals surface area contributed by atoms with Gasteiger partial charge >= 0.3 is 18.0 Å². The van der Waals surface area contributed by atoms with Crippen molar-refractivity contribution in [2.24, 2.45) is 11.8 Å². The number of para-hydroxylation sites is 2. The van der Waals surface area contributed by atoms with Gasteiger partial charge in [-0.3, -0.25) is 9.59 Å². The average Bonchev–Trinajstić information content (AvgIpc) is 1.72. The predicted octanol–water partition coefficient (Wildman–Crippen LogP) is 22.5. The quantitative estimate of drug-likeness (QED) is 0.0168. The minimum absolute atomic E-state index is 0.0202. The minimum Gasteiger partial charge on any atom is -0.469 e. The Morgan fingerprint density at radius 2 is 0.858 bits per heavy atom. The molecule has 22 heteroatoms. The molecule has 1 N–H and O–H groups in total. The van der Waals surface area contributed by atoms with Crippen LogP contribution in [0.15, 0.2) is 170 Å². The molecule has 0 radical (unpaired) electrons. The van der Waals surface area contributed by atoms with E-state index in [1.54, 1.807) is 4.57 Å². The number of alkyl halides is 2. The molecule has 120 heavy (non-hydrogen) atoms. The summed E-state index contributed by atoms with van der Waals surface area (Å²) in [5.41, 5.74) is 3.53. The Bertz CT molecular complexity index is 4320. The Hall–Kier alpha value is -6.06. The first-order chi connectivity index (χ1) is 56.9. The van der Waals surface area contributed by atoms with Gasteiger partial charge < -0.3 is 55.8 Å². The highest BCUT2D eigenvalue weighted by Gasteiger charge is 2.53. The summed E-state index contributed by atoms with van der Waals surface area (Å²) in [5.74, 6) is -2.27. The number of H-pyrrole nitrogens is 1. The van der Waals surface area contributed by atoms with Gasteiger partial charge in [-0.1, -0.05) is 227 Å². The van der Waals surface area contributed by atoms with Crippen LogP contribution in [0.4, 0.5) is 4.79 Å². The van der Waals surface area contributed by atoms with Crippen LogP contribution in [0.2, 0.25) is 49.4 Å². The Labute approximate surface area is 733 Å². The lowest BCUT2D eigenvalue weighted by molar-refractivity contribution is -0.161. The summed E-state index contributed by atoms with van der Waals surface area (Å²) in [6.45, 7) is 44.9. The van der Waals surface area contributed by atoms with Crippen LogP contribution in [0.1, 0.15) is 214 Å². The minimum atomic E-state index is -3.00. The number of benzene rings is 6. The lowest BCUT2D eigenvalue weighted by Gasteiger charge is -2.45. The van der Waals surface area contributed by atoms with Gasteiger partial charge in [0.15, 0.2) is 29.2 Å². The summed E-state index contributed by atoms with van der Waals surface area (Å²) >= 11 is 9.53. The van der Waals surface area contributed by atoms with Crippen molar-refractivity contribution in [1.82, 2.24) is 9.55 Å². The number of aromatic amines is 1. The lowest BCUT2D eigenvalue weighted by atomic mass is 9.80. The van der Waals surface area contributed by atoms with E-state index in [2.05, 4.69) is 253 Å². The molecule has 2 saturated heterocycles. The summed E-state index contributed by atoms with van der Waals surface area (Å²) in [6, 6.07) is 59.1. The number of methoxy groups -OCH3 is 2. The van der Waals surface area contributed by atoms with E-state index < -0.39 is 68.4 Å². The second-order valence-corrected chi connectivity index (χ2v) is 55.9. The van der Waals surface area contributed by atoms with E-state index in [1.165, 1.54) is 35.0 Å². The second-order valence-electron chi connectivity index (χ2n) is 37.6. The van der Waals surface area contributed by atoms with E-state index in [-0.39, 0.29) is 51.4 Å². The van der Waals surface area contributed by atoms with E-state index in [9.17, 15) is 14.4 Å². The number of ether oxygens (including phenoxy) is 7. The molecule has 0 aliphatic carbocycles. The van der Waals surface area contributed by atoms with Crippen molar-refractivity contribution in [2.45, 2.75) is 283 Å². The van der Waals surface area contributed by atoms with Crippen molar-refractivity contribution >= 4 is 117 Å². The summed E-state index contributed by atoms with van der Waals surface area (Å²) in [6.07, 6.45) is 11.8. The van der Waals surface area contributed by atoms with Crippen molar-refractivity contribution in [1.29, 1.82) is 0 Å². The number of nitrogens with one attached hydrogen (secondary N) is 1. The van der Waals surface area contributed by atoms with Crippen LogP contribution in [0, 0.1) is 11.8 Å². The number of carbonyl (C=O) groups is 3. The third-order valence-corrected chi connectivity index (χ3v) is 35.8. The third-order valence-electron chi connectivity index (χ3n) is 23.7. The zero-order valence-corrected chi connectivity index (χ0v) is 81.8. The fourth-order valence-corrected chi connectivity index (χ4v) is 31.0. The number of esters is 2. The number of carbonyl (C=O) groups excluding carboxylic acids is 3. The van der Waals surface area contributed by atoms with Gasteiger partial charge in [0.2, 0.25) is 0 Å². The normalized spacial score (nSPS) is 16.5. The molecule has 0 saturated carbocycles. The lowest BCUT2D eigenvalue weighted by Crippen LogP contribution is -2.67. The van der Waals surface area contributed by atoms with Crippen molar-refractivity contribution in [3.05, 3.63) is 192 Å². The van der Waals surface area contributed by atoms with Gasteiger partial charge in [-0.25, -0.2) is 9.36 Å². The number of rotatable bonds is 38. The van der Waals surface area contributed by atoms with Gasteiger partial charge in [0.05, 0.1) is 61.3 Å². The maximum absolute atomic E-state index is 14.7. The van der Waals surface area contributed by atoms with Crippen LogP contribution in [0.3, 0.4) is 0 Å². The molecule has 2 fully saturated rings. The van der Waals surface area contributed by atoms with Crippen molar-refractivity contribution in [3.8, 4) is 0 Å². The smallest absolute Gasteiger partial charge is 0.419 e.